The van der Waals surface area contributed by atoms with Gasteiger partial charge in [-0.1, -0.05) is 36.4 Å². The Balaban J connectivity index is 1.49. The fourth-order valence-electron chi connectivity index (χ4n) is 2.80. The van der Waals surface area contributed by atoms with Gasteiger partial charge in [0.25, 0.3) is 5.91 Å². The molecule has 138 valence electrons. The third-order valence-electron chi connectivity index (χ3n) is 4.24. The van der Waals surface area contributed by atoms with Crippen LogP contribution in [0.3, 0.4) is 0 Å². The molecule has 3 nitrogen and oxygen atoms in total. The Morgan fingerprint density at radius 2 is 1.79 bits per heavy atom. The molecule has 1 amide bonds. The van der Waals surface area contributed by atoms with Crippen molar-refractivity contribution in [1.82, 2.24) is 4.98 Å². The van der Waals surface area contributed by atoms with Crippen molar-refractivity contribution >= 4 is 55.2 Å². The number of aryl methyl sites for hydroxylation is 1. The highest BCUT2D eigenvalue weighted by Crippen LogP contribution is 2.31. The van der Waals surface area contributed by atoms with E-state index in [1.165, 1.54) is 10.3 Å². The van der Waals surface area contributed by atoms with Crippen LogP contribution in [-0.4, -0.2) is 10.9 Å². The van der Waals surface area contributed by atoms with E-state index in [-0.39, 0.29) is 5.91 Å². The highest BCUT2D eigenvalue weighted by molar-refractivity contribution is 9.12. The molecule has 0 aliphatic heterocycles. The van der Waals surface area contributed by atoms with Gasteiger partial charge < -0.3 is 5.32 Å². The molecular formula is C23H17BrN2OS. The molecule has 0 aliphatic carbocycles. The predicted molar refractivity (Wildman–Crippen MR) is 122 cm³/mol. The number of aromatic nitrogens is 1. The Labute approximate surface area is 175 Å². The normalized spacial score (nSPS) is 11.6. The fourth-order valence-corrected chi connectivity index (χ4v) is 4.24. The first-order valence-corrected chi connectivity index (χ1v) is 10.4. The molecular weight excluding hydrogens is 432 g/mol. The summed E-state index contributed by atoms with van der Waals surface area (Å²) in [5.74, 6) is -0.188. The van der Waals surface area contributed by atoms with Crippen LogP contribution in [0.15, 0.2) is 77.3 Å². The average Bonchev–Trinajstić information content (AvgIpc) is 3.12. The second-order valence-corrected chi connectivity index (χ2v) is 8.31. The van der Waals surface area contributed by atoms with Gasteiger partial charge in [0, 0.05) is 11.3 Å². The largest absolute Gasteiger partial charge is 0.322 e. The summed E-state index contributed by atoms with van der Waals surface area (Å²) < 4.78 is 1.66. The SMILES string of the molecule is Cc1ccc2nc(-c3ccc(NC(=O)/C(Br)=C/c4ccccc4)cc3)sc2c1. The molecule has 1 heterocycles. The summed E-state index contributed by atoms with van der Waals surface area (Å²) in [6.07, 6.45) is 1.80. The van der Waals surface area contributed by atoms with Gasteiger partial charge in [-0.15, -0.1) is 11.3 Å². The zero-order valence-corrected chi connectivity index (χ0v) is 17.5. The van der Waals surface area contributed by atoms with Crippen LogP contribution in [0.4, 0.5) is 5.69 Å². The molecule has 0 radical (unpaired) electrons. The molecule has 0 saturated carbocycles. The number of halogens is 1. The molecule has 28 heavy (non-hydrogen) atoms. The van der Waals surface area contributed by atoms with E-state index >= 15 is 0 Å². The van der Waals surface area contributed by atoms with Crippen molar-refractivity contribution < 1.29 is 4.79 Å². The number of rotatable bonds is 4. The summed E-state index contributed by atoms with van der Waals surface area (Å²) in [6.45, 7) is 2.08. The molecule has 0 atom stereocenters. The lowest BCUT2D eigenvalue weighted by Gasteiger charge is -2.05. The van der Waals surface area contributed by atoms with Gasteiger partial charge in [-0.2, -0.15) is 0 Å². The molecule has 3 aromatic carbocycles. The molecule has 4 aromatic rings. The summed E-state index contributed by atoms with van der Waals surface area (Å²) in [4.78, 5) is 17.1. The van der Waals surface area contributed by atoms with E-state index in [4.69, 9.17) is 4.98 Å². The van der Waals surface area contributed by atoms with Crippen LogP contribution in [-0.2, 0) is 4.79 Å². The first kappa shape index (κ1) is 18.6. The number of anilines is 1. The molecule has 4 rings (SSSR count). The lowest BCUT2D eigenvalue weighted by Crippen LogP contribution is -2.11. The molecule has 0 spiro atoms. The van der Waals surface area contributed by atoms with Crippen LogP contribution in [0.25, 0.3) is 26.9 Å². The van der Waals surface area contributed by atoms with E-state index in [1.54, 1.807) is 17.4 Å². The van der Waals surface area contributed by atoms with Crippen LogP contribution in [0, 0.1) is 6.92 Å². The average molecular weight is 449 g/mol. The standard InChI is InChI=1S/C23H17BrN2OS/c1-15-7-12-20-21(13-15)28-23(26-20)17-8-10-18(11-9-17)25-22(27)19(24)14-16-5-3-2-4-6-16/h2-14H,1H3,(H,25,27)/b19-14-. The molecule has 0 bridgehead atoms. The van der Waals surface area contributed by atoms with E-state index in [9.17, 15) is 4.79 Å². The molecule has 0 saturated heterocycles. The Hall–Kier alpha value is -2.76. The summed E-state index contributed by atoms with van der Waals surface area (Å²) in [5.41, 5.74) is 4.98. The van der Waals surface area contributed by atoms with Crippen LogP contribution >= 0.6 is 27.3 Å². The Bertz CT molecular complexity index is 1160. The van der Waals surface area contributed by atoms with Crippen molar-refractivity contribution in [2.75, 3.05) is 5.32 Å². The topological polar surface area (TPSA) is 42.0 Å². The van der Waals surface area contributed by atoms with Gasteiger partial charge >= 0.3 is 0 Å². The van der Waals surface area contributed by atoms with Gasteiger partial charge in [-0.25, -0.2) is 4.98 Å². The van der Waals surface area contributed by atoms with E-state index in [1.807, 2.05) is 54.6 Å². The molecule has 1 aromatic heterocycles. The number of nitrogens with zero attached hydrogens (tertiary/aromatic N) is 1. The third kappa shape index (κ3) is 4.21. The smallest absolute Gasteiger partial charge is 0.262 e. The number of benzene rings is 3. The first-order valence-electron chi connectivity index (χ1n) is 8.80. The van der Waals surface area contributed by atoms with E-state index in [2.05, 4.69) is 46.4 Å². The Kier molecular flexibility index (Phi) is 5.37. The fraction of sp³-hybridized carbons (Fsp3) is 0.0435. The number of carbonyl (C=O) groups is 1. The first-order chi connectivity index (χ1) is 13.6. The molecule has 1 N–H and O–H groups in total. The minimum absolute atomic E-state index is 0.188. The van der Waals surface area contributed by atoms with E-state index < -0.39 is 0 Å². The molecule has 0 fully saturated rings. The van der Waals surface area contributed by atoms with Crippen LogP contribution < -0.4 is 5.32 Å². The summed E-state index contributed by atoms with van der Waals surface area (Å²) >= 11 is 5.03. The van der Waals surface area contributed by atoms with Crippen LogP contribution in [0.1, 0.15) is 11.1 Å². The van der Waals surface area contributed by atoms with Gasteiger partial charge in [-0.05, 0) is 76.5 Å². The zero-order valence-electron chi connectivity index (χ0n) is 15.1. The third-order valence-corrected chi connectivity index (χ3v) is 5.90. The lowest BCUT2D eigenvalue weighted by molar-refractivity contribution is -0.112. The Morgan fingerprint density at radius 3 is 2.54 bits per heavy atom. The van der Waals surface area contributed by atoms with Crippen molar-refractivity contribution in [1.29, 1.82) is 0 Å². The molecule has 0 aliphatic rings. The lowest BCUT2D eigenvalue weighted by atomic mass is 10.2. The summed E-state index contributed by atoms with van der Waals surface area (Å²) in [5, 5.41) is 3.88. The second-order valence-electron chi connectivity index (χ2n) is 6.42. The van der Waals surface area contributed by atoms with Crippen LogP contribution in [0.2, 0.25) is 0 Å². The highest BCUT2D eigenvalue weighted by Gasteiger charge is 2.09. The number of hydrogen-bond donors (Lipinski definition) is 1. The predicted octanol–water partition coefficient (Wildman–Crippen LogP) is 6.65. The quantitative estimate of drug-likeness (QED) is 0.355. The monoisotopic (exact) mass is 448 g/mol. The van der Waals surface area contributed by atoms with Crippen molar-refractivity contribution in [3.8, 4) is 10.6 Å². The number of carbonyl (C=O) groups excluding carboxylic acids is 1. The van der Waals surface area contributed by atoms with Gasteiger partial charge in [0.05, 0.1) is 14.7 Å². The van der Waals surface area contributed by atoms with Crippen molar-refractivity contribution in [3.63, 3.8) is 0 Å². The van der Waals surface area contributed by atoms with Gasteiger partial charge in [0.1, 0.15) is 5.01 Å². The maximum absolute atomic E-state index is 12.4. The minimum atomic E-state index is -0.188. The number of hydrogen-bond acceptors (Lipinski definition) is 3. The summed E-state index contributed by atoms with van der Waals surface area (Å²) in [7, 11) is 0. The Morgan fingerprint density at radius 1 is 1.04 bits per heavy atom. The van der Waals surface area contributed by atoms with Crippen molar-refractivity contribution in [3.05, 3.63) is 88.4 Å². The summed E-state index contributed by atoms with van der Waals surface area (Å²) in [6, 6.07) is 23.7. The maximum Gasteiger partial charge on any atom is 0.262 e. The second kappa shape index (κ2) is 8.09. The number of thiazole rings is 1. The van der Waals surface area contributed by atoms with Gasteiger partial charge in [0.15, 0.2) is 0 Å². The van der Waals surface area contributed by atoms with Crippen molar-refractivity contribution in [2.45, 2.75) is 6.92 Å². The maximum atomic E-state index is 12.4. The zero-order chi connectivity index (χ0) is 19.5. The minimum Gasteiger partial charge on any atom is -0.322 e. The van der Waals surface area contributed by atoms with Gasteiger partial charge in [-0.3, -0.25) is 4.79 Å². The number of fused-ring (bicyclic) bond motifs is 1. The number of nitrogens with one attached hydrogen (secondary N) is 1. The van der Waals surface area contributed by atoms with Crippen LogP contribution in [0.5, 0.6) is 0 Å². The van der Waals surface area contributed by atoms with Crippen molar-refractivity contribution in [2.24, 2.45) is 0 Å². The highest BCUT2D eigenvalue weighted by atomic mass is 79.9. The number of amides is 1. The van der Waals surface area contributed by atoms with E-state index in [0.29, 0.717) is 4.48 Å². The molecule has 5 heteroatoms. The molecule has 0 unspecified atom stereocenters. The van der Waals surface area contributed by atoms with Gasteiger partial charge in [0.2, 0.25) is 0 Å². The van der Waals surface area contributed by atoms with E-state index in [0.717, 1.165) is 27.3 Å².